The molecule has 0 fully saturated rings. The highest BCUT2D eigenvalue weighted by Crippen LogP contribution is 2.44. The van der Waals surface area contributed by atoms with E-state index in [4.69, 9.17) is 32.6 Å². The number of carbonyl (C=O) groups is 14. The Kier molecular flexibility index (Phi) is 41.6. The van der Waals surface area contributed by atoms with Crippen LogP contribution in [0, 0.1) is 16.7 Å². The number of ketones is 1. The number of unbranched alkanes of at least 4 members (excludes halogenated alkanes) is 1. The lowest BCUT2D eigenvalue weighted by atomic mass is 9.98. The summed E-state index contributed by atoms with van der Waals surface area (Å²) in [7, 11) is 0. The second-order valence-corrected chi connectivity index (χ2v) is 35.4. The summed E-state index contributed by atoms with van der Waals surface area (Å²) in [6, 6.07) is 37.3. The number of para-hydroxylation sites is 1. The molecular weight excluding hydrogens is 1790 g/mol. The first-order valence-corrected chi connectivity index (χ1v) is 46.9. The van der Waals surface area contributed by atoms with Gasteiger partial charge in [0.15, 0.2) is 17.7 Å². The van der Waals surface area contributed by atoms with Gasteiger partial charge in [-0.1, -0.05) is 189 Å². The van der Waals surface area contributed by atoms with Crippen molar-refractivity contribution >= 4 is 140 Å². The first-order valence-electron chi connectivity index (χ1n) is 43.8. The van der Waals surface area contributed by atoms with Crippen molar-refractivity contribution in [3.8, 4) is 16.9 Å². The van der Waals surface area contributed by atoms with Gasteiger partial charge in [-0.3, -0.25) is 73.1 Å². The molecule has 1 aliphatic carbocycles. The number of azide groups is 1. The number of benzene rings is 7. The van der Waals surface area contributed by atoms with E-state index in [0.29, 0.717) is 50.0 Å². The third-order valence-corrected chi connectivity index (χ3v) is 24.5. The predicted octanol–water partition coefficient (Wildman–Crippen LogP) is 5.86. The predicted molar refractivity (Wildman–Crippen MR) is 513 cm³/mol. The lowest BCUT2D eigenvalue weighted by Crippen LogP contribution is -2.62. The highest BCUT2D eigenvalue weighted by atomic mass is 32.2. The number of aliphatic carboxylic acids is 1. The Labute approximate surface area is 792 Å². The zero-order valence-corrected chi connectivity index (χ0v) is 77.1. The molecule has 135 heavy (non-hydrogen) atoms. The first kappa shape index (κ1) is 104. The van der Waals surface area contributed by atoms with Crippen LogP contribution in [0.2, 0.25) is 0 Å². The smallest absolute Gasteiger partial charge is 0.407 e. The third-order valence-electron chi connectivity index (χ3n) is 21.7. The fourth-order valence-electron chi connectivity index (χ4n) is 14.7. The number of hydrogen-bond acceptors (Lipinski definition) is 22. The summed E-state index contributed by atoms with van der Waals surface area (Å²) in [5, 5.41) is 74.1. The average molecular weight is 1910 g/mol. The van der Waals surface area contributed by atoms with E-state index in [1.807, 2.05) is 54.6 Å². The van der Waals surface area contributed by atoms with Gasteiger partial charge in [-0.15, -0.1) is 11.8 Å². The lowest BCUT2D eigenvalue weighted by molar-refractivity contribution is -0.136. The number of phenols is 1. The number of hydrogen-bond donors (Lipinski definition) is 20. The number of aromatic nitrogens is 1. The molecule has 38 nitrogen and oxygen atoms in total. The molecule has 9 rings (SSSR count). The molecule has 22 N–H and O–H groups in total. The number of guanidine groups is 2. The number of fused-ring (bicyclic) bond motifs is 4. The van der Waals surface area contributed by atoms with Crippen LogP contribution in [0.5, 0.6) is 5.75 Å². The number of carbonyl (C=O) groups excluding carboxylic acids is 13. The molecule has 9 atom stereocenters. The maximum absolute atomic E-state index is 15.4. The molecule has 1 aliphatic rings. The SMILES string of the molecule is CC(=O)NCSC[C@H](NC(=O)[C@H](Cc1c[nH]c2ccccc12)NC(=O)[C@H](CCCCN=[N+]=[N-])NC(=O)OCC1c2ccccc2-c2ccccc21)C(=O)N[C@@H](Cc1ccccc1)C(=O)N[C@@H](CCCNC(=N)N)C(=O)N[C@H](C(=O)N[C@@H](CSCC(=O)c1ccccc1)C(=O)N[C@@H](Cc1ccc(O)cc1)C(=O)N[C@@H](CCCNC(=N)N)C(=O)NCC(=O)Sc1ccc(CC(=O)O)cc1)C(C)C. The van der Waals surface area contributed by atoms with Gasteiger partial charge in [0, 0.05) is 95.7 Å². The van der Waals surface area contributed by atoms with Gasteiger partial charge in [-0.2, -0.15) is 11.8 Å². The Bertz CT molecular complexity index is 5470. The van der Waals surface area contributed by atoms with E-state index < -0.39 is 149 Å². The quantitative estimate of drug-likeness (QED) is 0.00244. The van der Waals surface area contributed by atoms with Gasteiger partial charge < -0.3 is 101 Å². The summed E-state index contributed by atoms with van der Waals surface area (Å²) in [6.07, 6.45) is 0.0660. The van der Waals surface area contributed by atoms with Gasteiger partial charge in [0.1, 0.15) is 66.7 Å². The number of nitrogens with two attached hydrogens (primary N) is 2. The zero-order chi connectivity index (χ0) is 97.3. The molecule has 8 aromatic rings. The largest absolute Gasteiger partial charge is 0.508 e. The van der Waals surface area contributed by atoms with Crippen LogP contribution < -0.4 is 80.6 Å². The van der Waals surface area contributed by atoms with Crippen molar-refractivity contribution in [3.63, 3.8) is 0 Å². The standard InChI is InChI=1S/C94H113N21O17S3/c1-55(2)82(91(130)112-77(51-133-53-79(118)60-22-8-5-9-23-60)89(128)109-75(45-58-33-37-62(117)38-34-58)86(125)106-71(31-18-41-100-92(95)96)83(122)103-49-81(121)135-63-39-35-59(36-40-63)46-80(119)120)114-85(124)72(32-19-42-101-93(97)98)107-87(126)74(44-57-20-6-4-7-21-57)108-90(129)78(52-134-54-104-56(3)116)111-88(127)76(47-61-48-102-70-29-15-14-24-64(61)70)110-84(123)73(30-16-17-43-105-115-99)113-94(131)132-50-69-67-27-12-10-25-65(67)66-26-11-13-28-68(66)69/h4-15,20-29,33-40,48,55,69,71-78,82,102,117H,16-19,30-32,41-47,49-54H2,1-3H3,(H,103,122)(H,104,116)(H,106,125)(H,107,126)(H,108,129)(H,109,128)(H,110,123)(H,111,127)(H,112,130)(H,113,131)(H,114,124)(H,119,120)(H4,95,96,100)(H4,97,98,101)/t71-,72-,73-,74-,75-,76-,77-,78-,82-/m0/s1. The van der Waals surface area contributed by atoms with Crippen molar-refractivity contribution in [3.05, 3.63) is 238 Å². The minimum absolute atomic E-state index is 0.0164. The Hall–Kier alpha value is -14.4. The van der Waals surface area contributed by atoms with Crippen LogP contribution in [0.25, 0.3) is 32.5 Å². The van der Waals surface area contributed by atoms with Crippen LogP contribution in [0.1, 0.15) is 115 Å². The van der Waals surface area contributed by atoms with Crippen molar-refractivity contribution in [2.45, 2.75) is 157 Å². The number of carboxylic acids is 1. The monoisotopic (exact) mass is 1900 g/mol. The number of H-pyrrole nitrogens is 1. The summed E-state index contributed by atoms with van der Waals surface area (Å²) in [5.41, 5.74) is 27.1. The summed E-state index contributed by atoms with van der Waals surface area (Å²) in [4.78, 5) is 207. The summed E-state index contributed by atoms with van der Waals surface area (Å²) < 4.78 is 5.90. The lowest BCUT2D eigenvalue weighted by Gasteiger charge is -2.29. The van der Waals surface area contributed by atoms with Gasteiger partial charge in [0.2, 0.25) is 64.2 Å². The van der Waals surface area contributed by atoms with Crippen LogP contribution in [0.4, 0.5) is 4.79 Å². The number of rotatable bonds is 54. The number of nitrogens with one attached hydrogen (secondary N) is 16. The topological polar surface area (TPSA) is 609 Å². The average Bonchev–Trinajstić information content (AvgIpc) is 1.61. The molecule has 0 spiro atoms. The molecule has 1 aromatic heterocycles. The molecule has 1 heterocycles. The highest BCUT2D eigenvalue weighted by Gasteiger charge is 2.39. The molecule has 11 amide bonds. The number of ether oxygens (including phenoxy) is 1. The number of aromatic hydroxyl groups is 1. The number of carboxylic acid groups (broad SMARTS) is 1. The number of aromatic amines is 1. The van der Waals surface area contributed by atoms with E-state index >= 15 is 33.6 Å². The molecule has 0 bridgehead atoms. The van der Waals surface area contributed by atoms with E-state index in [1.165, 1.54) is 31.2 Å². The molecule has 0 aliphatic heterocycles. The molecule has 0 unspecified atom stereocenters. The Morgan fingerprint density at radius 2 is 0.978 bits per heavy atom. The van der Waals surface area contributed by atoms with Crippen molar-refractivity contribution < 1.29 is 82.1 Å². The summed E-state index contributed by atoms with van der Waals surface area (Å²) in [5.74, 6) is -13.2. The molecule has 0 saturated heterocycles. The van der Waals surface area contributed by atoms with Crippen LogP contribution in [-0.4, -0.2) is 219 Å². The van der Waals surface area contributed by atoms with Crippen LogP contribution in [-0.2, 0) is 88.0 Å². The fraction of sp³-hybridized carbons (Fsp3) is 0.362. The number of thioether (sulfide) groups is 3. The minimum atomic E-state index is -1.64. The van der Waals surface area contributed by atoms with E-state index in [0.717, 1.165) is 57.5 Å². The molecule has 0 saturated carbocycles. The maximum Gasteiger partial charge on any atom is 0.407 e. The van der Waals surface area contributed by atoms with E-state index in [2.05, 4.69) is 84.1 Å². The fourth-order valence-corrected chi connectivity index (χ4v) is 17.3. The van der Waals surface area contributed by atoms with Gasteiger partial charge in [0.05, 0.1) is 24.6 Å². The molecule has 0 radical (unpaired) electrons. The molecule has 41 heteroatoms. The van der Waals surface area contributed by atoms with Crippen molar-refractivity contribution in [1.29, 1.82) is 10.8 Å². The molecule has 7 aromatic carbocycles. The number of phenolic OH excluding ortho intramolecular Hbond substituents is 1. The van der Waals surface area contributed by atoms with Crippen molar-refractivity contribution in [2.75, 3.05) is 55.9 Å². The van der Waals surface area contributed by atoms with Crippen molar-refractivity contribution in [1.82, 2.24) is 74.1 Å². The van der Waals surface area contributed by atoms with E-state index in [1.54, 1.807) is 123 Å². The summed E-state index contributed by atoms with van der Waals surface area (Å²) in [6.45, 7) is 3.90. The van der Waals surface area contributed by atoms with Gasteiger partial charge in [-0.25, -0.2) is 4.79 Å². The van der Waals surface area contributed by atoms with Crippen LogP contribution in [0.15, 0.2) is 198 Å². The molecule has 714 valence electrons. The Morgan fingerprint density at radius 1 is 0.504 bits per heavy atom. The maximum atomic E-state index is 15.4. The minimum Gasteiger partial charge on any atom is -0.508 e. The van der Waals surface area contributed by atoms with Crippen LogP contribution >= 0.6 is 35.3 Å². The Balaban J connectivity index is 0.967. The highest BCUT2D eigenvalue weighted by molar-refractivity contribution is 8.13. The third kappa shape index (κ3) is 34.3. The second-order valence-electron chi connectivity index (χ2n) is 32.2. The van der Waals surface area contributed by atoms with E-state index in [9.17, 15) is 43.8 Å². The molecular formula is C94H113N21O17S3. The first-order chi connectivity index (χ1) is 64.9. The van der Waals surface area contributed by atoms with E-state index in [-0.39, 0.29) is 137 Å². The zero-order valence-electron chi connectivity index (χ0n) is 74.6. The van der Waals surface area contributed by atoms with Gasteiger partial charge in [0.25, 0.3) is 0 Å². The van der Waals surface area contributed by atoms with Gasteiger partial charge >= 0.3 is 12.1 Å². The number of Topliss-reactive ketones (excluding diaryl/α,β-unsaturated/α-hetero) is 1. The Morgan fingerprint density at radius 3 is 1.55 bits per heavy atom. The van der Waals surface area contributed by atoms with Gasteiger partial charge in [-0.05, 0) is 125 Å². The van der Waals surface area contributed by atoms with Crippen LogP contribution in [0.3, 0.4) is 0 Å². The number of amides is 11. The van der Waals surface area contributed by atoms with Crippen molar-refractivity contribution in [2.24, 2.45) is 22.5 Å². The summed E-state index contributed by atoms with van der Waals surface area (Å²) >= 11 is 2.73. The number of alkyl carbamates (subject to hydrolysis) is 1. The second kappa shape index (κ2) is 53.9. The normalized spacial score (nSPS) is 13.3. The number of nitrogens with zero attached hydrogens (tertiary/aromatic N) is 3.